The van der Waals surface area contributed by atoms with Crippen LogP contribution < -0.4 is 0 Å². The Morgan fingerprint density at radius 3 is 2.78 bits per heavy atom. The zero-order valence-electron chi connectivity index (χ0n) is 9.91. The third kappa shape index (κ3) is 1.76. The number of halogens is 1. The van der Waals surface area contributed by atoms with Crippen molar-refractivity contribution >= 4 is 15.9 Å². The molecule has 0 radical (unpaired) electrons. The molecule has 3 rings (SSSR count). The molecule has 1 aliphatic rings. The molecule has 2 aromatic rings. The quantitative estimate of drug-likeness (QED) is 0.936. The summed E-state index contributed by atoms with van der Waals surface area (Å²) in [7, 11) is 1.84. The molecule has 0 saturated heterocycles. The van der Waals surface area contributed by atoms with Gasteiger partial charge in [0.05, 0.1) is 0 Å². The average molecular weight is 309 g/mol. The lowest BCUT2D eigenvalue weighted by Gasteiger charge is -2.27. The Morgan fingerprint density at radius 2 is 2.22 bits per heavy atom. The Balaban J connectivity index is 2.15. The normalized spacial score (nSPS) is 18.6. The van der Waals surface area contributed by atoms with E-state index < -0.39 is 5.60 Å². The van der Waals surface area contributed by atoms with Crippen molar-refractivity contribution in [1.82, 2.24) is 19.7 Å². The van der Waals surface area contributed by atoms with Crippen molar-refractivity contribution in [3.63, 3.8) is 0 Å². The van der Waals surface area contributed by atoms with Crippen LogP contribution in [0.5, 0.6) is 0 Å². The van der Waals surface area contributed by atoms with Crippen molar-refractivity contribution in [3.05, 3.63) is 40.6 Å². The molecule has 94 valence electrons. The Labute approximate surface area is 113 Å². The number of hydrogen-bond acceptors (Lipinski definition) is 4. The minimum absolute atomic E-state index is 0.191. The summed E-state index contributed by atoms with van der Waals surface area (Å²) in [5, 5.41) is 19.0. The van der Waals surface area contributed by atoms with Gasteiger partial charge >= 0.3 is 0 Å². The number of aromatic nitrogens is 4. The summed E-state index contributed by atoms with van der Waals surface area (Å²) in [5.74, 6) is 0.765. The number of pyridine rings is 1. The largest absolute Gasteiger partial charge is 0.377 e. The van der Waals surface area contributed by atoms with Crippen LogP contribution in [0.1, 0.15) is 24.2 Å². The predicted molar refractivity (Wildman–Crippen MR) is 68.7 cm³/mol. The van der Waals surface area contributed by atoms with E-state index in [4.69, 9.17) is 0 Å². The second-order valence-corrected chi connectivity index (χ2v) is 5.61. The molecule has 2 aromatic heterocycles. The highest BCUT2D eigenvalue weighted by Gasteiger charge is 2.49. The van der Waals surface area contributed by atoms with E-state index in [0.717, 1.165) is 22.9 Å². The molecule has 5 nitrogen and oxygen atoms in total. The minimum atomic E-state index is -1.10. The van der Waals surface area contributed by atoms with Crippen LogP contribution in [0.25, 0.3) is 0 Å². The summed E-state index contributed by atoms with van der Waals surface area (Å²) >= 11 is 3.39. The molecule has 2 heterocycles. The summed E-state index contributed by atoms with van der Waals surface area (Å²) in [6.07, 6.45) is 6.99. The molecular weight excluding hydrogens is 296 g/mol. The lowest BCUT2D eigenvalue weighted by Crippen LogP contribution is -2.33. The van der Waals surface area contributed by atoms with E-state index >= 15 is 0 Å². The maximum absolute atomic E-state index is 11.1. The molecule has 1 aliphatic carbocycles. The zero-order chi connectivity index (χ0) is 12.8. The van der Waals surface area contributed by atoms with Gasteiger partial charge in [0, 0.05) is 29.5 Å². The Kier molecular flexibility index (Phi) is 2.71. The second-order valence-electron chi connectivity index (χ2n) is 4.70. The van der Waals surface area contributed by atoms with Gasteiger partial charge in [0.15, 0.2) is 11.4 Å². The fraction of sp³-hybridized carbons (Fsp3) is 0.417. The zero-order valence-corrected chi connectivity index (χ0v) is 11.5. The first kappa shape index (κ1) is 11.8. The summed E-state index contributed by atoms with van der Waals surface area (Å²) in [4.78, 5) is 4.14. The van der Waals surface area contributed by atoms with Gasteiger partial charge in [0.2, 0.25) is 0 Å². The molecule has 1 N–H and O–H groups in total. The van der Waals surface area contributed by atoms with Crippen LogP contribution in [0, 0.1) is 5.92 Å². The van der Waals surface area contributed by atoms with E-state index in [9.17, 15) is 5.11 Å². The van der Waals surface area contributed by atoms with Gasteiger partial charge < -0.3 is 9.67 Å². The van der Waals surface area contributed by atoms with Crippen LogP contribution in [0.4, 0.5) is 0 Å². The molecule has 0 amide bonds. The Bertz CT molecular complexity index is 581. The van der Waals surface area contributed by atoms with Gasteiger partial charge in [-0.05, 0) is 40.8 Å². The number of aryl methyl sites for hydroxylation is 1. The third-order valence-corrected chi connectivity index (χ3v) is 3.80. The molecule has 0 spiro atoms. The van der Waals surface area contributed by atoms with Crippen molar-refractivity contribution in [2.45, 2.75) is 18.4 Å². The van der Waals surface area contributed by atoms with Crippen molar-refractivity contribution in [2.75, 3.05) is 0 Å². The molecule has 0 aromatic carbocycles. The van der Waals surface area contributed by atoms with Gasteiger partial charge in [0.25, 0.3) is 0 Å². The lowest BCUT2D eigenvalue weighted by atomic mass is 9.89. The van der Waals surface area contributed by atoms with Crippen LogP contribution in [-0.2, 0) is 12.6 Å². The van der Waals surface area contributed by atoms with Crippen molar-refractivity contribution in [1.29, 1.82) is 0 Å². The van der Waals surface area contributed by atoms with Gasteiger partial charge in [-0.15, -0.1) is 10.2 Å². The van der Waals surface area contributed by atoms with Crippen LogP contribution in [-0.4, -0.2) is 24.9 Å². The maximum Gasteiger partial charge on any atom is 0.169 e. The SMILES string of the molecule is Cn1cnnc1C(O)(c1cncc(Br)c1)C1CC1. The fourth-order valence-corrected chi connectivity index (χ4v) is 2.66. The van der Waals surface area contributed by atoms with Crippen molar-refractivity contribution in [2.24, 2.45) is 13.0 Å². The Morgan fingerprint density at radius 1 is 1.44 bits per heavy atom. The number of hydrogen-bond donors (Lipinski definition) is 1. The van der Waals surface area contributed by atoms with Gasteiger partial charge in [-0.1, -0.05) is 0 Å². The van der Waals surface area contributed by atoms with E-state index in [-0.39, 0.29) is 5.92 Å². The number of nitrogens with zero attached hydrogens (tertiary/aromatic N) is 4. The van der Waals surface area contributed by atoms with Gasteiger partial charge in [-0.25, -0.2) is 0 Å². The highest BCUT2D eigenvalue weighted by Crippen LogP contribution is 2.48. The van der Waals surface area contributed by atoms with Crippen LogP contribution in [0.2, 0.25) is 0 Å². The molecule has 1 unspecified atom stereocenters. The second kappa shape index (κ2) is 4.13. The molecule has 0 aliphatic heterocycles. The van der Waals surface area contributed by atoms with Crippen LogP contribution in [0.3, 0.4) is 0 Å². The van der Waals surface area contributed by atoms with E-state index in [0.29, 0.717) is 5.82 Å². The van der Waals surface area contributed by atoms with E-state index in [2.05, 4.69) is 31.1 Å². The summed E-state index contributed by atoms with van der Waals surface area (Å²) < 4.78 is 2.61. The van der Waals surface area contributed by atoms with Crippen LogP contribution >= 0.6 is 15.9 Å². The smallest absolute Gasteiger partial charge is 0.169 e. The van der Waals surface area contributed by atoms with E-state index in [1.165, 1.54) is 0 Å². The maximum atomic E-state index is 11.1. The topological polar surface area (TPSA) is 63.8 Å². The summed E-state index contributed by atoms with van der Waals surface area (Å²) in [5.41, 5.74) is -0.336. The molecule has 18 heavy (non-hydrogen) atoms. The first-order valence-corrected chi connectivity index (χ1v) is 6.59. The highest BCUT2D eigenvalue weighted by molar-refractivity contribution is 9.10. The molecular formula is C12H13BrN4O. The molecule has 1 saturated carbocycles. The van der Waals surface area contributed by atoms with E-state index in [1.54, 1.807) is 23.3 Å². The molecule has 1 fully saturated rings. The monoisotopic (exact) mass is 308 g/mol. The van der Waals surface area contributed by atoms with Crippen molar-refractivity contribution < 1.29 is 5.11 Å². The van der Waals surface area contributed by atoms with Crippen LogP contribution in [0.15, 0.2) is 29.3 Å². The average Bonchev–Trinajstić information content (AvgIpc) is 3.12. The lowest BCUT2D eigenvalue weighted by molar-refractivity contribution is 0.0436. The fourth-order valence-electron chi connectivity index (χ4n) is 2.30. The summed E-state index contributed by atoms with van der Waals surface area (Å²) in [6, 6.07) is 1.89. The van der Waals surface area contributed by atoms with Gasteiger partial charge in [-0.2, -0.15) is 0 Å². The van der Waals surface area contributed by atoms with Crippen molar-refractivity contribution in [3.8, 4) is 0 Å². The first-order chi connectivity index (χ1) is 8.62. The minimum Gasteiger partial charge on any atom is -0.377 e. The molecule has 6 heteroatoms. The predicted octanol–water partition coefficient (Wildman–Crippen LogP) is 1.62. The number of rotatable bonds is 3. The van der Waals surface area contributed by atoms with E-state index in [1.807, 2.05) is 13.1 Å². The standard InChI is InChI=1S/C12H13BrN4O/c1-17-7-15-16-11(17)12(18,8-2-3-8)9-4-10(13)6-14-5-9/h4-8,18H,2-3H2,1H3. The highest BCUT2D eigenvalue weighted by atomic mass is 79.9. The first-order valence-electron chi connectivity index (χ1n) is 5.80. The summed E-state index contributed by atoms with van der Waals surface area (Å²) in [6.45, 7) is 0. The number of aliphatic hydroxyl groups is 1. The molecule has 1 atom stereocenters. The molecule has 0 bridgehead atoms. The third-order valence-electron chi connectivity index (χ3n) is 3.37. The van der Waals surface area contributed by atoms with Gasteiger partial charge in [0.1, 0.15) is 6.33 Å². The Hall–Kier alpha value is -1.27. The van der Waals surface area contributed by atoms with Gasteiger partial charge in [-0.3, -0.25) is 4.98 Å².